The molecule has 0 aliphatic carbocycles. The van der Waals surface area contributed by atoms with Crippen LogP contribution < -0.4 is 11.2 Å². The maximum Gasteiger partial charge on any atom is 0.359 e. The second kappa shape index (κ2) is 7.38. The second-order valence-electron chi connectivity index (χ2n) is 6.72. The maximum atomic E-state index is 12.5. The fourth-order valence-corrected chi connectivity index (χ4v) is 3.26. The number of para-hydroxylation sites is 1. The van der Waals surface area contributed by atoms with E-state index in [1.165, 1.54) is 9.13 Å². The summed E-state index contributed by atoms with van der Waals surface area (Å²) >= 11 is 0. The number of carbonyl (C=O) groups excluding carboxylic acids is 1. The number of nitrogens with one attached hydrogen (secondary N) is 2. The van der Waals surface area contributed by atoms with Crippen LogP contribution in [0.5, 0.6) is 0 Å². The van der Waals surface area contributed by atoms with Crippen LogP contribution in [0.25, 0.3) is 22.1 Å². The van der Waals surface area contributed by atoms with Crippen LogP contribution in [0.1, 0.15) is 36.1 Å². The number of benzene rings is 1. The number of carbonyl (C=O) groups is 1. The second-order valence-corrected chi connectivity index (χ2v) is 6.72. The zero-order chi connectivity index (χ0) is 20.5. The van der Waals surface area contributed by atoms with Crippen molar-refractivity contribution in [2.75, 3.05) is 0 Å². The zero-order valence-corrected chi connectivity index (χ0v) is 16.1. The van der Waals surface area contributed by atoms with Gasteiger partial charge in [0.05, 0.1) is 5.52 Å². The van der Waals surface area contributed by atoms with Crippen molar-refractivity contribution >= 4 is 28.0 Å². The van der Waals surface area contributed by atoms with Gasteiger partial charge in [0.25, 0.3) is 5.56 Å². The lowest BCUT2D eigenvalue weighted by atomic mass is 10.2. The van der Waals surface area contributed by atoms with E-state index in [0.29, 0.717) is 17.8 Å². The van der Waals surface area contributed by atoms with Gasteiger partial charge in [-0.25, -0.2) is 14.6 Å². The van der Waals surface area contributed by atoms with Gasteiger partial charge in [0, 0.05) is 19.0 Å². The molecule has 0 saturated carbocycles. The highest BCUT2D eigenvalue weighted by Gasteiger charge is 2.19. The van der Waals surface area contributed by atoms with Gasteiger partial charge in [0.1, 0.15) is 12.4 Å². The summed E-state index contributed by atoms with van der Waals surface area (Å²) in [5, 5.41) is 7.46. The number of hydrogen-bond acceptors (Lipinski definition) is 6. The van der Waals surface area contributed by atoms with Gasteiger partial charge in [-0.15, -0.1) is 0 Å². The normalized spacial score (nSPS) is 11.4. The summed E-state index contributed by atoms with van der Waals surface area (Å²) in [5.74, 6) is -0.249. The Balaban J connectivity index is 1.65. The van der Waals surface area contributed by atoms with Crippen molar-refractivity contribution in [1.29, 1.82) is 0 Å². The molecule has 0 spiro atoms. The van der Waals surface area contributed by atoms with Gasteiger partial charge in [-0.3, -0.25) is 19.4 Å². The average molecular weight is 396 g/mol. The van der Waals surface area contributed by atoms with Crippen molar-refractivity contribution in [3.05, 3.63) is 56.6 Å². The number of aromatic amines is 2. The number of unbranched alkanes of at least 4 members (excludes halogenated alkanes) is 1. The first kappa shape index (κ1) is 18.7. The van der Waals surface area contributed by atoms with Gasteiger partial charge < -0.3 is 9.30 Å². The Morgan fingerprint density at radius 2 is 2.03 bits per heavy atom. The Bertz CT molecular complexity index is 1330. The van der Waals surface area contributed by atoms with Gasteiger partial charge in [-0.1, -0.05) is 31.5 Å². The van der Waals surface area contributed by atoms with Crippen LogP contribution in [-0.4, -0.2) is 35.3 Å². The Hall–Kier alpha value is -3.69. The summed E-state index contributed by atoms with van der Waals surface area (Å²) in [6.07, 6.45) is 1.66. The van der Waals surface area contributed by atoms with Crippen LogP contribution >= 0.6 is 0 Å². The number of hydrogen-bond donors (Lipinski definition) is 2. The predicted octanol–water partition coefficient (Wildman–Crippen LogP) is 1.46. The van der Waals surface area contributed by atoms with E-state index >= 15 is 0 Å². The lowest BCUT2D eigenvalue weighted by Crippen LogP contribution is -2.31. The summed E-state index contributed by atoms with van der Waals surface area (Å²) in [6, 6.07) is 7.23. The molecule has 3 aromatic heterocycles. The first-order chi connectivity index (χ1) is 14.0. The molecule has 150 valence electrons. The summed E-state index contributed by atoms with van der Waals surface area (Å²) < 4.78 is 8.35. The molecular formula is C19H20N6O4. The third kappa shape index (κ3) is 3.22. The summed E-state index contributed by atoms with van der Waals surface area (Å²) in [7, 11) is 1.65. The van der Waals surface area contributed by atoms with Crippen LogP contribution in [0, 0.1) is 0 Å². The molecule has 3 heterocycles. The first-order valence-corrected chi connectivity index (χ1v) is 9.30. The minimum Gasteiger partial charge on any atom is -0.453 e. The number of H-pyrrole nitrogens is 2. The Labute approximate surface area is 164 Å². The van der Waals surface area contributed by atoms with Crippen molar-refractivity contribution < 1.29 is 9.53 Å². The van der Waals surface area contributed by atoms with Gasteiger partial charge in [-0.2, -0.15) is 5.10 Å². The molecule has 0 unspecified atom stereocenters. The molecule has 0 aliphatic heterocycles. The molecule has 0 bridgehead atoms. The third-order valence-electron chi connectivity index (χ3n) is 4.84. The first-order valence-electron chi connectivity index (χ1n) is 9.30. The SMILES string of the molecule is CCCCn1c(=O)[nH]c(=O)c2c1nc(COC(=O)c1n[nH]c3ccccc13)n2C. The molecule has 0 amide bonds. The molecule has 10 heteroatoms. The Morgan fingerprint density at radius 1 is 1.24 bits per heavy atom. The standard InChI is InChI=1S/C19H20N6O4/c1-3-4-9-25-16-15(17(26)21-19(25)28)24(2)13(20-16)10-29-18(27)14-11-7-5-6-8-12(11)22-23-14/h5-8H,3-4,9-10H2,1-2H3,(H,22,23)(H,21,26,28). The average Bonchev–Trinajstić information content (AvgIpc) is 3.28. The third-order valence-corrected chi connectivity index (χ3v) is 4.84. The van der Waals surface area contributed by atoms with Crippen molar-refractivity contribution in [2.24, 2.45) is 7.05 Å². The molecule has 4 aromatic rings. The Morgan fingerprint density at radius 3 is 2.83 bits per heavy atom. The van der Waals surface area contributed by atoms with Crippen LogP contribution in [0.2, 0.25) is 0 Å². The molecule has 1 aromatic carbocycles. The monoisotopic (exact) mass is 396 g/mol. The van der Waals surface area contributed by atoms with Gasteiger partial charge in [-0.05, 0) is 12.5 Å². The number of esters is 1. The van der Waals surface area contributed by atoms with Crippen LogP contribution in [0.3, 0.4) is 0 Å². The number of imidazole rings is 1. The molecule has 0 aliphatic rings. The van der Waals surface area contributed by atoms with Crippen LogP contribution in [0.15, 0.2) is 33.9 Å². The van der Waals surface area contributed by atoms with Gasteiger partial charge in [0.15, 0.2) is 16.9 Å². The van der Waals surface area contributed by atoms with Gasteiger partial charge >= 0.3 is 11.7 Å². The minimum atomic E-state index is -0.605. The largest absolute Gasteiger partial charge is 0.453 e. The number of nitrogens with zero attached hydrogens (tertiary/aromatic N) is 4. The summed E-state index contributed by atoms with van der Waals surface area (Å²) in [4.78, 5) is 43.7. The number of aromatic nitrogens is 6. The highest BCUT2D eigenvalue weighted by Crippen LogP contribution is 2.17. The molecular weight excluding hydrogens is 376 g/mol. The van der Waals surface area contributed by atoms with E-state index in [0.717, 1.165) is 18.4 Å². The number of aryl methyl sites for hydroxylation is 2. The highest BCUT2D eigenvalue weighted by atomic mass is 16.5. The number of rotatable bonds is 6. The van der Waals surface area contributed by atoms with Crippen LogP contribution in [-0.2, 0) is 24.9 Å². The summed E-state index contributed by atoms with van der Waals surface area (Å²) in [5.41, 5.74) is 0.429. The van der Waals surface area contributed by atoms with Crippen molar-refractivity contribution in [3.63, 3.8) is 0 Å². The molecule has 0 fully saturated rings. The molecule has 0 radical (unpaired) electrons. The lowest BCUT2D eigenvalue weighted by molar-refractivity contribution is 0.0455. The molecule has 10 nitrogen and oxygen atoms in total. The fourth-order valence-electron chi connectivity index (χ4n) is 3.26. The number of ether oxygens (including phenoxy) is 1. The van der Waals surface area contributed by atoms with Crippen molar-refractivity contribution in [2.45, 2.75) is 32.9 Å². The quantitative estimate of drug-likeness (QED) is 0.475. The summed E-state index contributed by atoms with van der Waals surface area (Å²) in [6.45, 7) is 2.29. The van der Waals surface area contributed by atoms with Crippen molar-refractivity contribution in [1.82, 2.24) is 29.3 Å². The minimum absolute atomic E-state index is 0.160. The van der Waals surface area contributed by atoms with E-state index in [4.69, 9.17) is 4.74 Å². The molecule has 2 N–H and O–H groups in total. The lowest BCUT2D eigenvalue weighted by Gasteiger charge is -2.04. The molecule has 4 rings (SSSR count). The zero-order valence-electron chi connectivity index (χ0n) is 16.1. The van der Waals surface area contributed by atoms with E-state index in [1.807, 2.05) is 25.1 Å². The smallest absolute Gasteiger partial charge is 0.359 e. The van der Waals surface area contributed by atoms with E-state index < -0.39 is 17.2 Å². The van der Waals surface area contributed by atoms with E-state index in [2.05, 4.69) is 20.2 Å². The van der Waals surface area contributed by atoms with E-state index in [9.17, 15) is 14.4 Å². The van der Waals surface area contributed by atoms with Gasteiger partial charge in [0.2, 0.25) is 0 Å². The maximum absolute atomic E-state index is 12.5. The molecule has 29 heavy (non-hydrogen) atoms. The molecule has 0 saturated heterocycles. The number of fused-ring (bicyclic) bond motifs is 2. The predicted molar refractivity (Wildman–Crippen MR) is 106 cm³/mol. The van der Waals surface area contributed by atoms with E-state index in [-0.39, 0.29) is 23.5 Å². The van der Waals surface area contributed by atoms with Crippen molar-refractivity contribution in [3.8, 4) is 0 Å². The fraction of sp³-hybridized carbons (Fsp3) is 0.316. The molecule has 0 atom stereocenters. The topological polar surface area (TPSA) is 128 Å². The highest BCUT2D eigenvalue weighted by molar-refractivity contribution is 6.01. The van der Waals surface area contributed by atoms with E-state index in [1.54, 1.807) is 13.1 Å². The Kier molecular flexibility index (Phi) is 4.75. The van der Waals surface area contributed by atoms with Crippen LogP contribution in [0.4, 0.5) is 0 Å².